The van der Waals surface area contributed by atoms with Gasteiger partial charge in [-0.2, -0.15) is 0 Å². The quantitative estimate of drug-likeness (QED) is 0.764. The van der Waals surface area contributed by atoms with Gasteiger partial charge in [-0.25, -0.2) is 13.6 Å². The van der Waals surface area contributed by atoms with Gasteiger partial charge in [-0.1, -0.05) is 25.2 Å². The summed E-state index contributed by atoms with van der Waals surface area (Å²) in [6.45, 7) is 3.69. The zero-order valence-electron chi connectivity index (χ0n) is 9.85. The number of anilines is 1. The maximum Gasteiger partial charge on any atom is 0.321 e. The second-order valence-corrected chi connectivity index (χ2v) is 4.90. The zero-order chi connectivity index (χ0) is 13.7. The van der Waals surface area contributed by atoms with Gasteiger partial charge in [0, 0.05) is 6.54 Å². The standard InChI is InChI=1S/C9H14F2N4O2S/c1-4(2)5(16)3-12-8(17)13-9-15-14-7(18-9)6(10)11/h4-6,16H,3H2,1-2H3,(H2,12,13,15,17)/t5-/m1/s1. The van der Waals surface area contributed by atoms with Crippen molar-refractivity contribution in [3.8, 4) is 0 Å². The second-order valence-electron chi connectivity index (χ2n) is 3.89. The van der Waals surface area contributed by atoms with Crippen LogP contribution in [0.2, 0.25) is 0 Å². The molecule has 9 heteroatoms. The van der Waals surface area contributed by atoms with Crippen LogP contribution in [0.15, 0.2) is 0 Å². The molecule has 1 aromatic rings. The van der Waals surface area contributed by atoms with Crippen molar-refractivity contribution < 1.29 is 18.7 Å². The largest absolute Gasteiger partial charge is 0.391 e. The highest BCUT2D eigenvalue weighted by atomic mass is 32.1. The zero-order valence-corrected chi connectivity index (χ0v) is 10.7. The number of nitrogens with one attached hydrogen (secondary N) is 2. The summed E-state index contributed by atoms with van der Waals surface area (Å²) < 4.78 is 24.4. The minimum absolute atomic E-state index is 0.0114. The number of hydrogen-bond donors (Lipinski definition) is 3. The first kappa shape index (κ1) is 14.7. The summed E-state index contributed by atoms with van der Waals surface area (Å²) in [7, 11) is 0. The van der Waals surface area contributed by atoms with Gasteiger partial charge in [0.1, 0.15) is 0 Å². The first-order chi connectivity index (χ1) is 8.40. The van der Waals surface area contributed by atoms with E-state index in [1.54, 1.807) is 0 Å². The summed E-state index contributed by atoms with van der Waals surface area (Å²) in [6.07, 6.45) is -3.37. The minimum Gasteiger partial charge on any atom is -0.391 e. The van der Waals surface area contributed by atoms with E-state index in [0.29, 0.717) is 11.3 Å². The van der Waals surface area contributed by atoms with Crippen LogP contribution >= 0.6 is 11.3 Å². The highest BCUT2D eigenvalue weighted by Gasteiger charge is 2.16. The Morgan fingerprint density at radius 1 is 1.44 bits per heavy atom. The predicted molar refractivity (Wildman–Crippen MR) is 62.7 cm³/mol. The fraction of sp³-hybridized carbons (Fsp3) is 0.667. The third kappa shape index (κ3) is 4.49. The van der Waals surface area contributed by atoms with E-state index >= 15 is 0 Å². The number of aliphatic hydroxyl groups is 1. The number of urea groups is 1. The van der Waals surface area contributed by atoms with Gasteiger partial charge in [-0.3, -0.25) is 5.32 Å². The maximum absolute atomic E-state index is 12.2. The van der Waals surface area contributed by atoms with Gasteiger partial charge in [0.25, 0.3) is 6.43 Å². The van der Waals surface area contributed by atoms with Crippen LogP contribution in [0.3, 0.4) is 0 Å². The van der Waals surface area contributed by atoms with E-state index in [9.17, 15) is 18.7 Å². The van der Waals surface area contributed by atoms with Crippen molar-refractivity contribution in [3.05, 3.63) is 5.01 Å². The average molecular weight is 280 g/mol. The lowest BCUT2D eigenvalue weighted by molar-refractivity contribution is 0.126. The molecule has 102 valence electrons. The van der Waals surface area contributed by atoms with Crippen LogP contribution in [0, 0.1) is 5.92 Å². The summed E-state index contributed by atoms with van der Waals surface area (Å²) >= 11 is 0.603. The Balaban J connectivity index is 2.40. The number of alkyl halides is 2. The number of amides is 2. The molecule has 2 amide bonds. The molecule has 0 bridgehead atoms. The van der Waals surface area contributed by atoms with E-state index < -0.39 is 23.6 Å². The lowest BCUT2D eigenvalue weighted by Crippen LogP contribution is -2.37. The van der Waals surface area contributed by atoms with E-state index in [0.717, 1.165) is 0 Å². The number of aromatic nitrogens is 2. The molecule has 0 saturated carbocycles. The molecule has 0 radical (unpaired) electrons. The maximum atomic E-state index is 12.2. The Hall–Kier alpha value is -1.35. The first-order valence-corrected chi connectivity index (χ1v) is 6.06. The monoisotopic (exact) mass is 280 g/mol. The van der Waals surface area contributed by atoms with Crippen molar-refractivity contribution in [1.82, 2.24) is 15.5 Å². The van der Waals surface area contributed by atoms with Crippen LogP contribution in [-0.2, 0) is 0 Å². The van der Waals surface area contributed by atoms with Crippen LogP contribution in [0.5, 0.6) is 0 Å². The van der Waals surface area contributed by atoms with E-state index in [1.165, 1.54) is 0 Å². The van der Waals surface area contributed by atoms with Crippen LogP contribution in [0.4, 0.5) is 18.7 Å². The fourth-order valence-corrected chi connectivity index (χ4v) is 1.54. The lowest BCUT2D eigenvalue weighted by Gasteiger charge is -2.14. The molecule has 1 aromatic heterocycles. The van der Waals surface area contributed by atoms with E-state index in [4.69, 9.17) is 0 Å². The van der Waals surface area contributed by atoms with Gasteiger partial charge in [0.15, 0.2) is 5.01 Å². The highest BCUT2D eigenvalue weighted by Crippen LogP contribution is 2.24. The van der Waals surface area contributed by atoms with Crippen molar-refractivity contribution in [1.29, 1.82) is 0 Å². The van der Waals surface area contributed by atoms with Gasteiger partial charge in [-0.15, -0.1) is 10.2 Å². The van der Waals surface area contributed by atoms with Crippen molar-refractivity contribution in [3.63, 3.8) is 0 Å². The van der Waals surface area contributed by atoms with Crippen LogP contribution in [0.1, 0.15) is 25.3 Å². The molecule has 0 aliphatic carbocycles. The topological polar surface area (TPSA) is 87.1 Å². The average Bonchev–Trinajstić information content (AvgIpc) is 2.74. The third-order valence-corrected chi connectivity index (χ3v) is 2.94. The molecule has 0 aliphatic rings. The summed E-state index contributed by atoms with van der Waals surface area (Å²) in [4.78, 5) is 11.3. The van der Waals surface area contributed by atoms with Crippen molar-refractivity contribution in [2.24, 2.45) is 5.92 Å². The molecule has 0 spiro atoms. The molecule has 0 aliphatic heterocycles. The van der Waals surface area contributed by atoms with Gasteiger partial charge in [-0.05, 0) is 5.92 Å². The Labute approximate surface area is 106 Å². The molecule has 3 N–H and O–H groups in total. The van der Waals surface area contributed by atoms with Crippen molar-refractivity contribution >= 4 is 22.5 Å². The van der Waals surface area contributed by atoms with Crippen LogP contribution < -0.4 is 10.6 Å². The van der Waals surface area contributed by atoms with Crippen molar-refractivity contribution in [2.75, 3.05) is 11.9 Å². The van der Waals surface area contributed by atoms with E-state index in [2.05, 4.69) is 20.8 Å². The smallest absolute Gasteiger partial charge is 0.321 e. The van der Waals surface area contributed by atoms with Crippen LogP contribution in [-0.4, -0.2) is 34.0 Å². The lowest BCUT2D eigenvalue weighted by atomic mass is 10.1. The summed E-state index contributed by atoms with van der Waals surface area (Å²) in [5.74, 6) is 0.0114. The third-order valence-electron chi connectivity index (χ3n) is 2.09. The molecule has 1 atom stereocenters. The van der Waals surface area contributed by atoms with Gasteiger partial charge in [0.05, 0.1) is 6.10 Å². The number of hydrogen-bond acceptors (Lipinski definition) is 5. The molecule has 6 nitrogen and oxygen atoms in total. The normalized spacial score (nSPS) is 12.8. The van der Waals surface area contributed by atoms with Gasteiger partial charge < -0.3 is 10.4 Å². The molecule has 18 heavy (non-hydrogen) atoms. The fourth-order valence-electron chi connectivity index (χ4n) is 0.948. The molecule has 0 fully saturated rings. The number of carbonyl (C=O) groups excluding carboxylic acids is 1. The second kappa shape index (κ2) is 6.55. The van der Waals surface area contributed by atoms with Gasteiger partial charge in [0.2, 0.25) is 5.13 Å². The molecule has 1 rings (SSSR count). The number of carbonyl (C=O) groups is 1. The minimum atomic E-state index is -2.70. The van der Waals surface area contributed by atoms with Crippen molar-refractivity contribution in [2.45, 2.75) is 26.4 Å². The summed E-state index contributed by atoms with van der Waals surface area (Å²) in [5.41, 5.74) is 0. The first-order valence-electron chi connectivity index (χ1n) is 5.24. The molecular weight excluding hydrogens is 266 g/mol. The molecule has 0 unspecified atom stereocenters. The SMILES string of the molecule is CC(C)[C@H](O)CNC(=O)Nc1nnc(C(F)F)s1. The van der Waals surface area contributed by atoms with E-state index in [1.807, 2.05) is 13.8 Å². The summed E-state index contributed by atoms with van der Waals surface area (Å²) in [5, 5.41) is 20.3. The molecular formula is C9H14F2N4O2S. The summed E-state index contributed by atoms with van der Waals surface area (Å²) in [6, 6.07) is -0.619. The van der Waals surface area contributed by atoms with Crippen LogP contribution in [0.25, 0.3) is 0 Å². The Kier molecular flexibility index (Phi) is 5.35. The van der Waals surface area contributed by atoms with Gasteiger partial charge >= 0.3 is 6.03 Å². The number of aliphatic hydroxyl groups excluding tert-OH is 1. The predicted octanol–water partition coefficient (Wildman–Crippen LogP) is 1.61. The molecule has 0 aromatic carbocycles. The Morgan fingerprint density at radius 3 is 2.61 bits per heavy atom. The Bertz CT molecular complexity index is 400. The molecule has 0 saturated heterocycles. The Morgan fingerprint density at radius 2 is 2.11 bits per heavy atom. The highest BCUT2D eigenvalue weighted by molar-refractivity contribution is 7.15. The number of halogens is 2. The van der Waals surface area contributed by atoms with E-state index in [-0.39, 0.29) is 17.6 Å². The number of rotatable bonds is 5. The molecule has 1 heterocycles. The number of nitrogens with zero attached hydrogens (tertiary/aromatic N) is 2.